The number of aromatic nitrogens is 1. The monoisotopic (exact) mass is 235 g/mol. The van der Waals surface area contributed by atoms with Gasteiger partial charge in [0, 0.05) is 7.05 Å². The molecule has 0 saturated carbocycles. The van der Waals surface area contributed by atoms with Crippen molar-refractivity contribution < 1.29 is 22.7 Å². The summed E-state index contributed by atoms with van der Waals surface area (Å²) in [5.41, 5.74) is -2.59. The van der Waals surface area contributed by atoms with Crippen LogP contribution in [0.5, 0.6) is 0 Å². The van der Waals surface area contributed by atoms with Crippen LogP contribution in [0.2, 0.25) is 0 Å². The molecule has 4 nitrogen and oxygen atoms in total. The van der Waals surface area contributed by atoms with Crippen molar-refractivity contribution in [1.82, 2.24) is 4.57 Å². The van der Waals surface area contributed by atoms with E-state index in [1.165, 1.54) is 0 Å². The summed E-state index contributed by atoms with van der Waals surface area (Å²) in [6, 6.07) is 1.46. The number of methoxy groups -OCH3 is 1. The molecule has 88 valence electrons. The van der Waals surface area contributed by atoms with Crippen LogP contribution in [0.1, 0.15) is 16.1 Å². The van der Waals surface area contributed by atoms with Gasteiger partial charge in [-0.15, -0.1) is 0 Å². The second-order valence-corrected chi connectivity index (χ2v) is 2.99. The van der Waals surface area contributed by atoms with Crippen LogP contribution in [-0.4, -0.2) is 17.6 Å². The Morgan fingerprint density at radius 1 is 1.38 bits per heavy atom. The predicted octanol–water partition coefficient (Wildman–Crippen LogP) is 1.19. The molecule has 0 aliphatic rings. The summed E-state index contributed by atoms with van der Waals surface area (Å²) in [7, 11) is 1.98. The molecule has 0 aromatic carbocycles. The summed E-state index contributed by atoms with van der Waals surface area (Å²) >= 11 is 0. The molecule has 0 radical (unpaired) electrons. The van der Waals surface area contributed by atoms with Crippen LogP contribution >= 0.6 is 0 Å². The molecule has 0 aliphatic carbocycles. The van der Waals surface area contributed by atoms with E-state index >= 15 is 0 Å². The van der Waals surface area contributed by atoms with Crippen LogP contribution < -0.4 is 5.56 Å². The van der Waals surface area contributed by atoms with Gasteiger partial charge in [-0.1, -0.05) is 0 Å². The molecule has 7 heteroatoms. The van der Waals surface area contributed by atoms with Crippen molar-refractivity contribution >= 4 is 5.97 Å². The third kappa shape index (κ3) is 2.07. The predicted molar refractivity (Wildman–Crippen MR) is 48.0 cm³/mol. The summed E-state index contributed by atoms with van der Waals surface area (Å²) in [5, 5.41) is 0. The Bertz CT molecular complexity index is 476. The SMILES string of the molecule is COC(=O)c1ccc(C(F)(F)F)n(C)c1=O. The van der Waals surface area contributed by atoms with Crippen molar-refractivity contribution in [1.29, 1.82) is 0 Å². The van der Waals surface area contributed by atoms with E-state index in [4.69, 9.17) is 0 Å². The van der Waals surface area contributed by atoms with Crippen LogP contribution in [0, 0.1) is 0 Å². The average molecular weight is 235 g/mol. The number of carbonyl (C=O) groups excluding carboxylic acids is 1. The highest BCUT2D eigenvalue weighted by atomic mass is 19.4. The van der Waals surface area contributed by atoms with Crippen LogP contribution in [0.4, 0.5) is 13.2 Å². The van der Waals surface area contributed by atoms with Crippen molar-refractivity contribution in [3.05, 3.63) is 33.7 Å². The largest absolute Gasteiger partial charge is 0.465 e. The molecule has 1 heterocycles. The minimum atomic E-state index is -4.64. The van der Waals surface area contributed by atoms with E-state index in [0.717, 1.165) is 20.2 Å². The zero-order valence-corrected chi connectivity index (χ0v) is 8.46. The van der Waals surface area contributed by atoms with E-state index in [2.05, 4.69) is 4.74 Å². The number of ether oxygens (including phenoxy) is 1. The number of nitrogens with zero attached hydrogens (tertiary/aromatic N) is 1. The summed E-state index contributed by atoms with van der Waals surface area (Å²) in [4.78, 5) is 22.4. The van der Waals surface area contributed by atoms with Gasteiger partial charge < -0.3 is 9.30 Å². The Morgan fingerprint density at radius 3 is 2.38 bits per heavy atom. The van der Waals surface area contributed by atoms with Gasteiger partial charge in [-0.25, -0.2) is 4.79 Å². The van der Waals surface area contributed by atoms with E-state index in [9.17, 15) is 22.8 Å². The molecular weight excluding hydrogens is 227 g/mol. The molecule has 1 aromatic rings. The summed E-state index contributed by atoms with van der Waals surface area (Å²) in [6.07, 6.45) is -4.64. The lowest BCUT2D eigenvalue weighted by atomic mass is 10.2. The van der Waals surface area contributed by atoms with Gasteiger partial charge in [-0.05, 0) is 12.1 Å². The fourth-order valence-corrected chi connectivity index (χ4v) is 1.19. The smallest absolute Gasteiger partial charge is 0.431 e. The number of alkyl halides is 3. The highest BCUT2D eigenvalue weighted by Crippen LogP contribution is 2.27. The first-order chi connectivity index (χ1) is 7.29. The normalized spacial score (nSPS) is 11.3. The van der Waals surface area contributed by atoms with Crippen LogP contribution in [-0.2, 0) is 18.0 Å². The maximum Gasteiger partial charge on any atom is 0.431 e. The van der Waals surface area contributed by atoms with Gasteiger partial charge >= 0.3 is 12.1 Å². The molecule has 0 N–H and O–H groups in total. The Balaban J connectivity index is 3.41. The fraction of sp³-hybridized carbons (Fsp3) is 0.333. The molecule has 0 amide bonds. The molecule has 0 unspecified atom stereocenters. The number of hydrogen-bond donors (Lipinski definition) is 0. The van der Waals surface area contributed by atoms with Gasteiger partial charge in [0.1, 0.15) is 11.3 Å². The first-order valence-corrected chi connectivity index (χ1v) is 4.14. The van der Waals surface area contributed by atoms with Gasteiger partial charge in [0.25, 0.3) is 5.56 Å². The van der Waals surface area contributed by atoms with E-state index in [0.29, 0.717) is 10.6 Å². The maximum absolute atomic E-state index is 12.4. The number of rotatable bonds is 1. The topological polar surface area (TPSA) is 48.3 Å². The van der Waals surface area contributed by atoms with Gasteiger partial charge in [-0.3, -0.25) is 4.79 Å². The lowest BCUT2D eigenvalue weighted by Gasteiger charge is -2.12. The number of esters is 1. The Hall–Kier alpha value is -1.79. The minimum absolute atomic E-state index is 0.367. The fourth-order valence-electron chi connectivity index (χ4n) is 1.19. The maximum atomic E-state index is 12.4. The minimum Gasteiger partial charge on any atom is -0.465 e. The number of pyridine rings is 1. The van der Waals surface area contributed by atoms with E-state index in [-0.39, 0.29) is 0 Å². The van der Waals surface area contributed by atoms with E-state index in [1.54, 1.807) is 0 Å². The van der Waals surface area contributed by atoms with Crippen LogP contribution in [0.25, 0.3) is 0 Å². The quantitative estimate of drug-likeness (QED) is 0.687. The first-order valence-electron chi connectivity index (χ1n) is 4.14. The Labute approximate surface area is 88.3 Å². The third-order valence-corrected chi connectivity index (χ3v) is 2.00. The first kappa shape index (κ1) is 12.3. The summed E-state index contributed by atoms with van der Waals surface area (Å²) in [5.74, 6) is -0.964. The molecule has 16 heavy (non-hydrogen) atoms. The van der Waals surface area contributed by atoms with E-state index in [1.807, 2.05) is 0 Å². The van der Waals surface area contributed by atoms with Gasteiger partial charge in [0.2, 0.25) is 0 Å². The highest BCUT2D eigenvalue weighted by molar-refractivity contribution is 5.88. The molecule has 0 fully saturated rings. The number of halogens is 3. The van der Waals surface area contributed by atoms with Crippen LogP contribution in [0.3, 0.4) is 0 Å². The molecular formula is C9H8F3NO3. The molecule has 0 spiro atoms. The molecule has 1 rings (SSSR count). The van der Waals surface area contributed by atoms with Crippen molar-refractivity contribution in [2.75, 3.05) is 7.11 Å². The molecule has 1 aromatic heterocycles. The number of carbonyl (C=O) groups is 1. The van der Waals surface area contributed by atoms with Crippen molar-refractivity contribution in [2.45, 2.75) is 6.18 Å². The third-order valence-electron chi connectivity index (χ3n) is 2.00. The molecule has 0 aliphatic heterocycles. The summed E-state index contributed by atoms with van der Waals surface area (Å²) < 4.78 is 41.7. The lowest BCUT2D eigenvalue weighted by Crippen LogP contribution is -2.30. The van der Waals surface area contributed by atoms with Crippen molar-refractivity contribution in [2.24, 2.45) is 7.05 Å². The standard InChI is InChI=1S/C9H8F3NO3/c1-13-6(9(10,11)12)4-3-5(7(13)14)8(15)16-2/h3-4H,1-2H3. The second-order valence-electron chi connectivity index (χ2n) is 2.99. The van der Waals surface area contributed by atoms with Gasteiger partial charge in [0.15, 0.2) is 0 Å². The van der Waals surface area contributed by atoms with E-state index < -0.39 is 29.0 Å². The zero-order chi connectivity index (χ0) is 12.5. The van der Waals surface area contributed by atoms with Crippen molar-refractivity contribution in [3.63, 3.8) is 0 Å². The summed E-state index contributed by atoms with van der Waals surface area (Å²) in [6.45, 7) is 0. The lowest BCUT2D eigenvalue weighted by molar-refractivity contribution is -0.143. The number of hydrogen-bond acceptors (Lipinski definition) is 3. The molecule has 0 bridgehead atoms. The second kappa shape index (κ2) is 3.99. The van der Waals surface area contributed by atoms with Crippen LogP contribution in [0.15, 0.2) is 16.9 Å². The molecule has 0 atom stereocenters. The highest BCUT2D eigenvalue weighted by Gasteiger charge is 2.34. The average Bonchev–Trinajstić information content (AvgIpc) is 2.19. The Morgan fingerprint density at radius 2 is 1.94 bits per heavy atom. The zero-order valence-electron chi connectivity index (χ0n) is 8.46. The molecule has 0 saturated heterocycles. The van der Waals surface area contributed by atoms with Gasteiger partial charge in [-0.2, -0.15) is 13.2 Å². The van der Waals surface area contributed by atoms with Gasteiger partial charge in [0.05, 0.1) is 7.11 Å². The van der Waals surface area contributed by atoms with Crippen molar-refractivity contribution in [3.8, 4) is 0 Å². The Kier molecular flexibility index (Phi) is 3.06.